The predicted octanol–water partition coefficient (Wildman–Crippen LogP) is -3.90. The number of primary amides is 1. The summed E-state index contributed by atoms with van der Waals surface area (Å²) in [5.41, 5.74) is 16.1. The van der Waals surface area contributed by atoms with Crippen molar-refractivity contribution < 1.29 is 44.1 Å². The summed E-state index contributed by atoms with van der Waals surface area (Å²) in [6, 6.07) is -5.81. The fourth-order valence-corrected chi connectivity index (χ4v) is 2.78. The second kappa shape index (κ2) is 15.5. The Morgan fingerprint density at radius 1 is 0.853 bits per heavy atom. The molecule has 0 saturated heterocycles. The van der Waals surface area contributed by atoms with E-state index in [0.717, 1.165) is 6.92 Å². The first-order valence-corrected chi connectivity index (χ1v) is 10.6. The Hall–Kier alpha value is -3.30. The second-order valence-corrected chi connectivity index (χ2v) is 7.68. The molecule has 0 radical (unpaired) electrons. The van der Waals surface area contributed by atoms with Crippen LogP contribution in [0, 0.1) is 0 Å². The number of unbranched alkanes of at least 4 members (excludes halogenated alkanes) is 1. The minimum atomic E-state index is -1.71. The summed E-state index contributed by atoms with van der Waals surface area (Å²) in [5.74, 6) is -6.71. The first-order valence-electron chi connectivity index (χ1n) is 10.6. The van der Waals surface area contributed by atoms with E-state index in [1.165, 1.54) is 0 Å². The van der Waals surface area contributed by atoms with Crippen LogP contribution in [0.1, 0.15) is 45.4 Å². The SMILES string of the molecule is CC(O)C(NC(=O)C(CCC(=O)O)NC(=O)C(N)CCCCN)C(=O)NC(CC(N)=O)C(=O)O. The summed E-state index contributed by atoms with van der Waals surface area (Å²) in [5, 5.41) is 34.5. The summed E-state index contributed by atoms with van der Waals surface area (Å²) in [7, 11) is 0. The zero-order chi connectivity index (χ0) is 26.4. The largest absolute Gasteiger partial charge is 0.481 e. The minimum absolute atomic E-state index is 0.269. The van der Waals surface area contributed by atoms with Gasteiger partial charge in [-0.2, -0.15) is 0 Å². The van der Waals surface area contributed by atoms with Crippen molar-refractivity contribution in [3.8, 4) is 0 Å². The van der Waals surface area contributed by atoms with Gasteiger partial charge in [0.1, 0.15) is 18.1 Å². The number of rotatable bonds is 17. The maximum Gasteiger partial charge on any atom is 0.326 e. The summed E-state index contributed by atoms with van der Waals surface area (Å²) in [6.07, 6.45) is -1.67. The van der Waals surface area contributed by atoms with Crippen LogP contribution in [-0.2, 0) is 28.8 Å². The van der Waals surface area contributed by atoms with Crippen molar-refractivity contribution >= 4 is 35.6 Å². The Balaban J connectivity index is 5.43. The van der Waals surface area contributed by atoms with Crippen LogP contribution < -0.4 is 33.2 Å². The lowest BCUT2D eigenvalue weighted by Gasteiger charge is -2.26. The molecule has 0 bridgehead atoms. The highest BCUT2D eigenvalue weighted by atomic mass is 16.4. The van der Waals surface area contributed by atoms with Gasteiger partial charge >= 0.3 is 11.9 Å². The smallest absolute Gasteiger partial charge is 0.326 e. The number of nitrogens with one attached hydrogen (secondary N) is 3. The molecular formula is C19H34N6O9. The van der Waals surface area contributed by atoms with E-state index in [-0.39, 0.29) is 12.8 Å². The molecule has 0 aliphatic carbocycles. The topological polar surface area (TPSA) is 277 Å². The standard InChI is InChI=1S/C19H34N6O9/c1-9(26)15(18(32)24-12(19(33)34)8-13(22)27)25-17(31)11(5-6-14(28)29)23-16(30)10(21)4-2-3-7-20/h9-12,15,26H,2-8,20-21H2,1H3,(H2,22,27)(H,23,30)(H,24,32)(H,25,31)(H,28,29)(H,33,34). The second-order valence-electron chi connectivity index (χ2n) is 7.68. The Labute approximate surface area is 195 Å². The zero-order valence-electron chi connectivity index (χ0n) is 18.9. The Bertz CT molecular complexity index is 746. The molecule has 0 saturated carbocycles. The Morgan fingerprint density at radius 2 is 1.44 bits per heavy atom. The third-order valence-electron chi connectivity index (χ3n) is 4.67. The molecule has 5 atom stereocenters. The first kappa shape index (κ1) is 30.7. The lowest BCUT2D eigenvalue weighted by Crippen LogP contribution is -2.60. The van der Waals surface area contributed by atoms with E-state index in [1.54, 1.807) is 0 Å². The van der Waals surface area contributed by atoms with Crippen molar-refractivity contribution in [2.45, 2.75) is 75.7 Å². The summed E-state index contributed by atoms with van der Waals surface area (Å²) < 4.78 is 0. The number of hydrogen-bond donors (Lipinski definition) is 9. The van der Waals surface area contributed by atoms with Crippen LogP contribution in [0.3, 0.4) is 0 Å². The number of carboxylic acid groups (broad SMARTS) is 2. The molecule has 0 aromatic rings. The molecule has 0 aliphatic rings. The molecular weight excluding hydrogens is 456 g/mol. The van der Waals surface area contributed by atoms with Crippen LogP contribution in [0.4, 0.5) is 0 Å². The molecule has 0 aromatic heterocycles. The van der Waals surface area contributed by atoms with E-state index < -0.39 is 78.7 Å². The van der Waals surface area contributed by atoms with Gasteiger partial charge in [0, 0.05) is 6.42 Å². The van der Waals surface area contributed by atoms with Gasteiger partial charge in [-0.15, -0.1) is 0 Å². The van der Waals surface area contributed by atoms with Gasteiger partial charge in [-0.1, -0.05) is 6.42 Å². The fourth-order valence-electron chi connectivity index (χ4n) is 2.78. The number of hydrogen-bond acceptors (Lipinski definition) is 9. The van der Waals surface area contributed by atoms with E-state index in [1.807, 2.05) is 5.32 Å². The van der Waals surface area contributed by atoms with E-state index in [2.05, 4.69) is 10.6 Å². The summed E-state index contributed by atoms with van der Waals surface area (Å²) in [4.78, 5) is 70.7. The molecule has 15 nitrogen and oxygen atoms in total. The fraction of sp³-hybridized carbons (Fsp3) is 0.684. The van der Waals surface area contributed by atoms with E-state index in [9.17, 15) is 33.9 Å². The van der Waals surface area contributed by atoms with Crippen LogP contribution in [0.2, 0.25) is 0 Å². The zero-order valence-corrected chi connectivity index (χ0v) is 18.9. The highest BCUT2D eigenvalue weighted by Crippen LogP contribution is 2.05. The number of carbonyl (C=O) groups excluding carboxylic acids is 4. The van der Waals surface area contributed by atoms with Crippen molar-refractivity contribution in [1.82, 2.24) is 16.0 Å². The average molecular weight is 491 g/mol. The third-order valence-corrected chi connectivity index (χ3v) is 4.67. The number of amides is 4. The Kier molecular flexibility index (Phi) is 14.0. The number of aliphatic hydroxyl groups excluding tert-OH is 1. The molecule has 0 heterocycles. The maximum atomic E-state index is 12.7. The summed E-state index contributed by atoms with van der Waals surface area (Å²) >= 11 is 0. The highest BCUT2D eigenvalue weighted by Gasteiger charge is 2.33. The average Bonchev–Trinajstić information content (AvgIpc) is 2.73. The van der Waals surface area contributed by atoms with Crippen molar-refractivity contribution in [2.75, 3.05) is 6.54 Å². The van der Waals surface area contributed by atoms with Crippen LogP contribution >= 0.6 is 0 Å². The van der Waals surface area contributed by atoms with Crippen molar-refractivity contribution in [3.05, 3.63) is 0 Å². The molecule has 0 fully saturated rings. The molecule has 4 amide bonds. The first-order chi connectivity index (χ1) is 15.8. The quantitative estimate of drug-likeness (QED) is 0.0888. The lowest BCUT2D eigenvalue weighted by atomic mass is 10.1. The highest BCUT2D eigenvalue weighted by molar-refractivity contribution is 5.95. The number of aliphatic carboxylic acids is 2. The van der Waals surface area contributed by atoms with Crippen molar-refractivity contribution in [2.24, 2.45) is 17.2 Å². The summed E-state index contributed by atoms with van der Waals surface area (Å²) in [6.45, 7) is 1.54. The molecule has 0 aromatic carbocycles. The van der Waals surface area contributed by atoms with Gasteiger partial charge in [-0.25, -0.2) is 4.79 Å². The third kappa shape index (κ3) is 12.1. The monoisotopic (exact) mass is 490 g/mol. The van der Waals surface area contributed by atoms with E-state index in [0.29, 0.717) is 19.4 Å². The molecule has 0 spiro atoms. The van der Waals surface area contributed by atoms with Crippen LogP contribution in [0.25, 0.3) is 0 Å². The van der Waals surface area contributed by atoms with E-state index in [4.69, 9.17) is 27.4 Å². The number of nitrogens with two attached hydrogens (primary N) is 3. The normalized spacial score (nSPS) is 15.2. The molecule has 0 aliphatic heterocycles. The van der Waals surface area contributed by atoms with Gasteiger partial charge in [0.05, 0.1) is 18.6 Å². The predicted molar refractivity (Wildman–Crippen MR) is 117 cm³/mol. The molecule has 5 unspecified atom stereocenters. The molecule has 12 N–H and O–H groups in total. The van der Waals surface area contributed by atoms with Crippen molar-refractivity contribution in [1.29, 1.82) is 0 Å². The number of aliphatic hydroxyl groups is 1. The van der Waals surface area contributed by atoms with Crippen LogP contribution in [0.5, 0.6) is 0 Å². The van der Waals surface area contributed by atoms with Gasteiger partial charge in [-0.05, 0) is 32.7 Å². The lowest BCUT2D eigenvalue weighted by molar-refractivity contribution is -0.144. The van der Waals surface area contributed by atoms with Gasteiger partial charge in [-0.3, -0.25) is 24.0 Å². The van der Waals surface area contributed by atoms with Crippen LogP contribution in [-0.4, -0.2) is 87.7 Å². The molecule has 15 heteroatoms. The van der Waals surface area contributed by atoms with Gasteiger partial charge < -0.3 is 48.5 Å². The minimum Gasteiger partial charge on any atom is -0.481 e. The maximum absolute atomic E-state index is 12.7. The van der Waals surface area contributed by atoms with Crippen LogP contribution in [0.15, 0.2) is 0 Å². The number of carbonyl (C=O) groups is 6. The molecule has 0 rings (SSSR count). The molecule has 34 heavy (non-hydrogen) atoms. The van der Waals surface area contributed by atoms with Gasteiger partial charge in [0.25, 0.3) is 0 Å². The number of carboxylic acids is 2. The van der Waals surface area contributed by atoms with Gasteiger partial charge in [0.2, 0.25) is 23.6 Å². The molecule has 194 valence electrons. The van der Waals surface area contributed by atoms with Gasteiger partial charge in [0.15, 0.2) is 0 Å². The Morgan fingerprint density at radius 3 is 1.91 bits per heavy atom. The van der Waals surface area contributed by atoms with Crippen molar-refractivity contribution in [3.63, 3.8) is 0 Å². The van der Waals surface area contributed by atoms with E-state index >= 15 is 0 Å².